The fourth-order valence-corrected chi connectivity index (χ4v) is 2.69. The first kappa shape index (κ1) is 16.5. The quantitative estimate of drug-likeness (QED) is 0.897. The molecular weight excluding hydrogens is 330 g/mol. The van der Waals surface area contributed by atoms with Crippen molar-refractivity contribution in [2.75, 3.05) is 13.4 Å². The first-order valence-corrected chi connectivity index (χ1v) is 7.98. The average Bonchev–Trinajstić information content (AvgIpc) is 3.01. The van der Waals surface area contributed by atoms with Gasteiger partial charge >= 0.3 is 0 Å². The smallest absolute Gasteiger partial charge is 0.258 e. The van der Waals surface area contributed by atoms with E-state index in [-0.39, 0.29) is 25.3 Å². The van der Waals surface area contributed by atoms with Gasteiger partial charge in [0.05, 0.1) is 6.04 Å². The van der Waals surface area contributed by atoms with Crippen molar-refractivity contribution in [1.82, 2.24) is 5.32 Å². The lowest BCUT2D eigenvalue weighted by molar-refractivity contribution is -0.123. The number of rotatable bonds is 5. The molecular formula is C18H18ClNO4. The molecule has 1 amide bonds. The van der Waals surface area contributed by atoms with E-state index in [0.29, 0.717) is 16.5 Å². The van der Waals surface area contributed by atoms with Crippen molar-refractivity contribution >= 4 is 17.5 Å². The molecule has 0 radical (unpaired) electrons. The Balaban J connectivity index is 1.56. The molecule has 0 saturated heterocycles. The van der Waals surface area contributed by atoms with Gasteiger partial charge in [0.25, 0.3) is 5.91 Å². The SMILES string of the molecule is Cc1cc(Cl)ccc1OCC(=O)NC(C)c1ccc2c(c1)OCO2. The largest absolute Gasteiger partial charge is 0.484 e. The van der Waals surface area contributed by atoms with E-state index >= 15 is 0 Å². The Morgan fingerprint density at radius 3 is 2.83 bits per heavy atom. The van der Waals surface area contributed by atoms with Crippen LogP contribution in [0.15, 0.2) is 36.4 Å². The summed E-state index contributed by atoms with van der Waals surface area (Å²) in [6, 6.07) is 10.7. The fourth-order valence-electron chi connectivity index (χ4n) is 2.47. The van der Waals surface area contributed by atoms with E-state index in [2.05, 4.69) is 5.32 Å². The lowest BCUT2D eigenvalue weighted by Gasteiger charge is -2.15. The summed E-state index contributed by atoms with van der Waals surface area (Å²) < 4.78 is 16.2. The van der Waals surface area contributed by atoms with Gasteiger partial charge in [-0.15, -0.1) is 0 Å². The number of nitrogens with one attached hydrogen (secondary N) is 1. The number of aryl methyl sites for hydroxylation is 1. The summed E-state index contributed by atoms with van der Waals surface area (Å²) >= 11 is 5.90. The number of hydrogen-bond acceptors (Lipinski definition) is 4. The molecule has 2 aromatic rings. The minimum Gasteiger partial charge on any atom is -0.484 e. The van der Waals surface area contributed by atoms with E-state index in [1.807, 2.05) is 32.0 Å². The monoisotopic (exact) mass is 347 g/mol. The summed E-state index contributed by atoms with van der Waals surface area (Å²) in [6.45, 7) is 3.96. The summed E-state index contributed by atoms with van der Waals surface area (Å²) in [5, 5.41) is 3.54. The minimum absolute atomic E-state index is 0.0582. The molecule has 0 aliphatic carbocycles. The zero-order valence-corrected chi connectivity index (χ0v) is 14.2. The van der Waals surface area contributed by atoms with Crippen LogP contribution in [0.2, 0.25) is 5.02 Å². The topological polar surface area (TPSA) is 56.8 Å². The Hall–Kier alpha value is -2.40. The third kappa shape index (κ3) is 3.74. The third-order valence-corrected chi connectivity index (χ3v) is 4.00. The first-order chi connectivity index (χ1) is 11.5. The van der Waals surface area contributed by atoms with Crippen LogP contribution in [0.25, 0.3) is 0 Å². The van der Waals surface area contributed by atoms with Gasteiger partial charge in [0.2, 0.25) is 6.79 Å². The second-order valence-electron chi connectivity index (χ2n) is 5.60. The van der Waals surface area contributed by atoms with Crippen LogP contribution in [0.1, 0.15) is 24.1 Å². The molecule has 1 unspecified atom stereocenters. The Morgan fingerprint density at radius 1 is 1.25 bits per heavy atom. The normalized spacial score (nSPS) is 13.5. The standard InChI is InChI=1S/C18H18ClNO4/c1-11-7-14(19)4-6-15(11)22-9-18(21)20-12(2)13-3-5-16-17(8-13)24-10-23-16/h3-8,12H,9-10H2,1-2H3,(H,20,21). The maximum Gasteiger partial charge on any atom is 0.258 e. The Labute approximate surface area is 145 Å². The van der Waals surface area contributed by atoms with Gasteiger partial charge in [-0.3, -0.25) is 4.79 Å². The van der Waals surface area contributed by atoms with Gasteiger partial charge in [-0.05, 0) is 55.3 Å². The highest BCUT2D eigenvalue weighted by Crippen LogP contribution is 2.34. The van der Waals surface area contributed by atoms with Gasteiger partial charge in [0.15, 0.2) is 18.1 Å². The Kier molecular flexibility index (Phi) is 4.81. The molecule has 1 N–H and O–H groups in total. The maximum absolute atomic E-state index is 12.1. The molecule has 2 aromatic carbocycles. The molecule has 0 saturated carbocycles. The number of halogens is 1. The third-order valence-electron chi connectivity index (χ3n) is 3.77. The second-order valence-corrected chi connectivity index (χ2v) is 6.04. The van der Waals surface area contributed by atoms with Crippen LogP contribution in [-0.4, -0.2) is 19.3 Å². The van der Waals surface area contributed by atoms with Crippen molar-refractivity contribution in [3.05, 3.63) is 52.5 Å². The van der Waals surface area contributed by atoms with Crippen molar-refractivity contribution in [2.45, 2.75) is 19.9 Å². The maximum atomic E-state index is 12.1. The molecule has 126 valence electrons. The summed E-state index contributed by atoms with van der Waals surface area (Å²) in [4.78, 5) is 12.1. The molecule has 24 heavy (non-hydrogen) atoms. The number of carbonyl (C=O) groups is 1. The van der Waals surface area contributed by atoms with Crippen molar-refractivity contribution in [3.8, 4) is 17.2 Å². The van der Waals surface area contributed by atoms with Crippen molar-refractivity contribution in [2.24, 2.45) is 0 Å². The van der Waals surface area contributed by atoms with Gasteiger partial charge in [-0.1, -0.05) is 17.7 Å². The molecule has 5 nitrogen and oxygen atoms in total. The highest BCUT2D eigenvalue weighted by Gasteiger charge is 2.17. The number of carbonyl (C=O) groups excluding carboxylic acids is 1. The van der Waals surface area contributed by atoms with E-state index in [9.17, 15) is 4.79 Å². The van der Waals surface area contributed by atoms with Crippen LogP contribution >= 0.6 is 11.6 Å². The van der Waals surface area contributed by atoms with Crippen LogP contribution in [-0.2, 0) is 4.79 Å². The Morgan fingerprint density at radius 2 is 2.04 bits per heavy atom. The fraction of sp³-hybridized carbons (Fsp3) is 0.278. The molecule has 1 heterocycles. The van der Waals surface area contributed by atoms with Crippen LogP contribution < -0.4 is 19.5 Å². The van der Waals surface area contributed by atoms with Crippen molar-refractivity contribution in [1.29, 1.82) is 0 Å². The molecule has 0 spiro atoms. The lowest BCUT2D eigenvalue weighted by Crippen LogP contribution is -2.31. The van der Waals surface area contributed by atoms with Gasteiger partial charge in [0.1, 0.15) is 5.75 Å². The molecule has 3 rings (SSSR count). The van der Waals surface area contributed by atoms with Crippen LogP contribution in [0.3, 0.4) is 0 Å². The van der Waals surface area contributed by atoms with Gasteiger partial charge in [0, 0.05) is 5.02 Å². The molecule has 0 aromatic heterocycles. The van der Waals surface area contributed by atoms with E-state index in [0.717, 1.165) is 16.9 Å². The number of fused-ring (bicyclic) bond motifs is 1. The predicted molar refractivity (Wildman–Crippen MR) is 90.8 cm³/mol. The minimum atomic E-state index is -0.200. The van der Waals surface area contributed by atoms with E-state index in [4.69, 9.17) is 25.8 Å². The second kappa shape index (κ2) is 7.01. The van der Waals surface area contributed by atoms with Crippen LogP contribution in [0.5, 0.6) is 17.2 Å². The molecule has 1 atom stereocenters. The number of benzene rings is 2. The average molecular weight is 348 g/mol. The number of hydrogen-bond donors (Lipinski definition) is 1. The summed E-state index contributed by atoms with van der Waals surface area (Å²) in [5.74, 6) is 1.86. The molecule has 6 heteroatoms. The van der Waals surface area contributed by atoms with Crippen molar-refractivity contribution < 1.29 is 19.0 Å². The highest BCUT2D eigenvalue weighted by atomic mass is 35.5. The summed E-state index contributed by atoms with van der Waals surface area (Å²) in [7, 11) is 0. The van der Waals surface area contributed by atoms with E-state index in [1.165, 1.54) is 0 Å². The zero-order chi connectivity index (χ0) is 17.1. The van der Waals surface area contributed by atoms with Crippen molar-refractivity contribution in [3.63, 3.8) is 0 Å². The van der Waals surface area contributed by atoms with Crippen LogP contribution in [0.4, 0.5) is 0 Å². The highest BCUT2D eigenvalue weighted by molar-refractivity contribution is 6.30. The summed E-state index contributed by atoms with van der Waals surface area (Å²) in [6.07, 6.45) is 0. The Bertz CT molecular complexity index is 763. The molecule has 1 aliphatic heterocycles. The number of amides is 1. The zero-order valence-electron chi connectivity index (χ0n) is 13.5. The molecule has 1 aliphatic rings. The van der Waals surface area contributed by atoms with Gasteiger partial charge in [-0.25, -0.2) is 0 Å². The first-order valence-electron chi connectivity index (χ1n) is 7.61. The lowest BCUT2D eigenvalue weighted by atomic mass is 10.1. The van der Waals surface area contributed by atoms with Crippen LogP contribution in [0, 0.1) is 6.92 Å². The molecule has 0 fully saturated rings. The molecule has 0 bridgehead atoms. The summed E-state index contributed by atoms with van der Waals surface area (Å²) in [5.41, 5.74) is 1.83. The van der Waals surface area contributed by atoms with E-state index < -0.39 is 0 Å². The van der Waals surface area contributed by atoms with E-state index in [1.54, 1.807) is 18.2 Å². The predicted octanol–water partition coefficient (Wildman–Crippen LogP) is 3.63. The van der Waals surface area contributed by atoms with Gasteiger partial charge in [-0.2, -0.15) is 0 Å². The number of ether oxygens (including phenoxy) is 3. The van der Waals surface area contributed by atoms with Gasteiger partial charge < -0.3 is 19.5 Å².